The van der Waals surface area contributed by atoms with Crippen molar-refractivity contribution in [2.24, 2.45) is 5.41 Å². The normalized spacial score (nSPS) is 11.7. The van der Waals surface area contributed by atoms with Crippen molar-refractivity contribution in [1.82, 2.24) is 102 Å². The molecule has 0 fully saturated rings. The molecule has 31 nitrogen and oxygen atoms in total. The van der Waals surface area contributed by atoms with Crippen LogP contribution in [0.25, 0.3) is 77.2 Å². The summed E-state index contributed by atoms with van der Waals surface area (Å²) in [6.07, 6.45) is 24.6. The van der Waals surface area contributed by atoms with Gasteiger partial charge in [0.2, 0.25) is 6.41 Å². The van der Waals surface area contributed by atoms with Gasteiger partial charge in [0.15, 0.2) is 15.0 Å². The van der Waals surface area contributed by atoms with Crippen LogP contribution in [-0.2, 0) is 81.0 Å². The number of aryl methyl sites for hydroxylation is 7. The summed E-state index contributed by atoms with van der Waals surface area (Å²) >= 11 is 0. The summed E-state index contributed by atoms with van der Waals surface area (Å²) in [4.78, 5) is 73.9. The Bertz CT molecular complexity index is 5830. The minimum absolute atomic E-state index is 0. The van der Waals surface area contributed by atoms with Gasteiger partial charge < -0.3 is 67.0 Å². The van der Waals surface area contributed by atoms with Crippen LogP contribution in [0.1, 0.15) is 178 Å². The zero-order valence-corrected chi connectivity index (χ0v) is 82.4. The second-order valence-corrected chi connectivity index (χ2v) is 46.0. The topological polar surface area (TPSA) is 326 Å². The molecule has 129 heavy (non-hydrogen) atoms. The van der Waals surface area contributed by atoms with Gasteiger partial charge in [-0.2, -0.15) is 0 Å². The summed E-state index contributed by atoms with van der Waals surface area (Å²) in [5.41, 5.74) is 16.0. The molecular weight excluding hydrogens is 1660 g/mol. The summed E-state index contributed by atoms with van der Waals surface area (Å²) in [5, 5.41) is 7.56. The van der Waals surface area contributed by atoms with Gasteiger partial charge in [-0.05, 0) is 202 Å². The molecule has 0 saturated heterocycles. The van der Waals surface area contributed by atoms with E-state index in [2.05, 4.69) is 171 Å². The minimum Gasteiger partial charge on any atom is -1.00 e. The van der Waals surface area contributed by atoms with Crippen molar-refractivity contribution < 1.29 is 48.9 Å². The lowest BCUT2D eigenvalue weighted by molar-refractivity contribution is -0.282. The fraction of sp³-hybridized carbons (Fsp3) is 0.490. The molecule has 0 saturated carbocycles. The van der Waals surface area contributed by atoms with Gasteiger partial charge in [-0.25, -0.2) is 69.8 Å². The minimum atomic E-state index is -1.71. The highest BCUT2D eigenvalue weighted by Gasteiger charge is 2.46. The Labute approximate surface area is 764 Å². The molecule has 0 spiro atoms. The molecule has 14 aromatic heterocycles. The van der Waals surface area contributed by atoms with E-state index in [1.54, 1.807) is 42.5 Å². The van der Waals surface area contributed by atoms with Crippen LogP contribution in [0.5, 0.6) is 0 Å². The number of aromatic nitrogens is 21. The molecule has 0 bridgehead atoms. The summed E-state index contributed by atoms with van der Waals surface area (Å²) in [5.74, 6) is -0.227. The largest absolute Gasteiger partial charge is 1.00 e. The average molecular weight is 1810 g/mol. The lowest BCUT2D eigenvalue weighted by atomic mass is 9.98. The van der Waals surface area contributed by atoms with Crippen molar-refractivity contribution in [2.75, 3.05) is 39.6 Å². The first kappa shape index (κ1) is 105. The van der Waals surface area contributed by atoms with Gasteiger partial charge in [0, 0.05) is 123 Å². The highest BCUT2D eigenvalue weighted by Crippen LogP contribution is 2.44. The number of nitrogens with one attached hydrogen (secondary N) is 1. The van der Waals surface area contributed by atoms with Gasteiger partial charge in [0.25, 0.3) is 6.48 Å². The highest BCUT2D eigenvalue weighted by atomic mass is 28.3. The van der Waals surface area contributed by atoms with Gasteiger partial charge in [-0.1, -0.05) is 98.9 Å². The second kappa shape index (κ2) is 50.4. The van der Waals surface area contributed by atoms with E-state index >= 15 is 0 Å². The third kappa shape index (κ3) is 29.6. The number of benzene rings is 1. The molecule has 15 rings (SSSR count). The molecular formula is C96H142N21O10Si2-. The summed E-state index contributed by atoms with van der Waals surface area (Å²) < 4.78 is 61.0. The van der Waals surface area contributed by atoms with Crippen molar-refractivity contribution in [3.8, 4) is 0 Å². The number of fused-ring (bicyclic) bond motifs is 7. The van der Waals surface area contributed by atoms with E-state index in [0.29, 0.717) is 76.5 Å². The van der Waals surface area contributed by atoms with Crippen LogP contribution in [0.3, 0.4) is 0 Å². The van der Waals surface area contributed by atoms with Crippen LogP contribution in [-0.4, -0.2) is 176 Å². The van der Waals surface area contributed by atoms with Gasteiger partial charge in [0.1, 0.15) is 104 Å². The van der Waals surface area contributed by atoms with E-state index in [1.807, 2.05) is 228 Å². The third-order valence-electron chi connectivity index (χ3n) is 21.1. The molecule has 700 valence electrons. The fourth-order valence-electron chi connectivity index (χ4n) is 14.5. The van der Waals surface area contributed by atoms with Gasteiger partial charge >= 0.3 is 5.97 Å². The molecule has 1 aromatic carbocycles. The lowest BCUT2D eigenvalue weighted by Gasteiger charge is -2.44. The summed E-state index contributed by atoms with van der Waals surface area (Å²) in [7, 11) is -2.71. The van der Waals surface area contributed by atoms with Gasteiger partial charge in [-0.3, -0.25) is 13.9 Å². The molecule has 0 radical (unpaired) electrons. The Morgan fingerprint density at radius 3 is 1.16 bits per heavy atom. The van der Waals surface area contributed by atoms with Crippen LogP contribution < -0.4 is 0 Å². The molecule has 0 amide bonds. The van der Waals surface area contributed by atoms with E-state index in [4.69, 9.17) is 42.6 Å². The van der Waals surface area contributed by atoms with Crippen molar-refractivity contribution in [3.05, 3.63) is 206 Å². The Kier molecular flexibility index (Phi) is 41.1. The summed E-state index contributed by atoms with van der Waals surface area (Å²) in [6.45, 7) is 62.2. The predicted molar refractivity (Wildman–Crippen MR) is 519 cm³/mol. The molecule has 14 heterocycles. The van der Waals surface area contributed by atoms with Gasteiger partial charge in [-0.15, -0.1) is 0 Å². The molecule has 0 aliphatic rings. The first-order chi connectivity index (χ1) is 61.0. The van der Waals surface area contributed by atoms with Crippen molar-refractivity contribution in [1.29, 1.82) is 0 Å². The number of carbonyl (C=O) groups excluding carboxylic acids is 1. The number of nitrogens with zero attached hydrogens (tertiary/aromatic N) is 20. The number of hydrogen-bond donors (Lipinski definition) is 1. The molecule has 0 aliphatic carbocycles. The van der Waals surface area contributed by atoms with Crippen molar-refractivity contribution >= 4 is 99.5 Å². The first-order valence-corrected chi connectivity index (χ1v) is 49.9. The third-order valence-corrected chi connectivity index (χ3v) is 29.5. The number of ether oxygens (including phenoxy) is 9. The van der Waals surface area contributed by atoms with Crippen molar-refractivity contribution in [3.63, 3.8) is 0 Å². The molecule has 15 aromatic rings. The number of carbonyl (C=O) groups is 1. The zero-order valence-electron chi connectivity index (χ0n) is 81.4. The number of rotatable bonds is 28. The van der Waals surface area contributed by atoms with E-state index in [-0.39, 0.29) is 27.2 Å². The average Bonchev–Trinajstić information content (AvgIpc) is 1.53. The molecule has 33 heteroatoms. The number of aromatic amines is 1. The maximum absolute atomic E-state index is 11.7. The number of esters is 1. The Morgan fingerprint density at radius 1 is 0.411 bits per heavy atom. The predicted octanol–water partition coefficient (Wildman–Crippen LogP) is 21.2. The SMILES string of the molecule is C.CCOC(OCC)OCC.CCOC(OCC)n1ccc2c(C)ncnc21.Cc1ncnc2[nH]ccc12.Cc1ncnc2c1ccn2COC(=O)C(C)(C)C.Cc1ncnc2c1ccn2COC(C)(C)C.Cc1ncnc2c1ccn2COCC[Si](C)(C)C.Cc1ncnc2c1ccn2COCc1ccccc1.Cc1ncnc2c1ccn2[Si](C(C)C)(C(C)C)C(C)C.[2H-]. The van der Waals surface area contributed by atoms with Crippen LogP contribution in [0.4, 0.5) is 0 Å². The van der Waals surface area contributed by atoms with Crippen LogP contribution >= 0.6 is 0 Å². The first-order valence-electron chi connectivity index (χ1n) is 44.0. The smallest absolute Gasteiger partial charge is 0.312 e. The summed E-state index contributed by atoms with van der Waals surface area (Å²) in [6, 6.07) is 25.5. The maximum atomic E-state index is 11.7. The zero-order chi connectivity index (χ0) is 93.5. The van der Waals surface area contributed by atoms with Crippen LogP contribution in [0, 0.1) is 53.9 Å². The highest BCUT2D eigenvalue weighted by molar-refractivity contribution is 6.82. The lowest BCUT2D eigenvalue weighted by Crippen LogP contribution is -2.51. The van der Waals surface area contributed by atoms with E-state index in [1.165, 1.54) is 23.3 Å². The molecule has 1 N–H and O–H groups in total. The van der Waals surface area contributed by atoms with Gasteiger partial charge in [0.05, 0.1) is 57.5 Å². The van der Waals surface area contributed by atoms with Crippen LogP contribution in [0.15, 0.2) is 160 Å². The standard InChI is InChI=1S/C16H27N3Si.C15H15N3O.C13H17N3O2.C13H21N3OSi.C12H17N3O2.C12H17N3O.C7H7N3.C7H16O3.CH4.H/c1-11(2)20(12(3)4,13(5)6)19-9-8-15-14(7)17-10-18-16(15)19;1-12-14-7-8-18(15(14)17-10-16-12)11-19-9-13-5-3-2-4-6-13;1-9-10-5-6-16(11(10)15-7-14-9)8-18-12(17)13(2,3)4;1-11-12-5-6-16(13(12)15-9-14-11)10-17-7-8-18(2,3)4;1-4-16-12(17-5-2)15-7-6-10-9(3)13-8-14-11(10)15;1-9-10-5-6-15(8-16-12(2,3)4)11(10)14-7-13-9;1-5-6-2-3-8-7(6)10-4-9-5;1-4-8-7(9-5-2)10-6-3;;/h8-13H,1-7H3;2-8,10H,9,11H2,1H3;5-7H,8H2,1-4H3;5-6,9H,7-8,10H2,1-4H3;6-8,12H,4-5H2,1-3H3;5-7H,8H2,1-4H3;2-4H,1H3,(H,8,9,10);7H,4-6H2,1-3H3;1H4;/q;;;;;;;;;-1/i;;;;;;;;;1+1. The number of H-pyrrole nitrogens is 1. The molecule has 0 atom stereocenters. The quantitative estimate of drug-likeness (QED) is 0.0206. The Morgan fingerprint density at radius 2 is 0.767 bits per heavy atom. The van der Waals surface area contributed by atoms with Crippen molar-refractivity contribution in [2.45, 2.75) is 268 Å². The molecule has 0 unspecified atom stereocenters. The monoisotopic (exact) mass is 1810 g/mol. The van der Waals surface area contributed by atoms with Crippen LogP contribution in [0.2, 0.25) is 42.3 Å². The number of hydrogen-bond acceptors (Lipinski definition) is 24. The maximum Gasteiger partial charge on any atom is 0.312 e. The fourth-order valence-corrected chi connectivity index (χ4v) is 21.8. The van der Waals surface area contributed by atoms with E-state index in [9.17, 15) is 4.79 Å². The Balaban J connectivity index is 0.000000230. The second-order valence-electron chi connectivity index (χ2n) is 34.7. The Hall–Kier alpha value is -10.9. The van der Waals surface area contributed by atoms with E-state index in [0.717, 1.165) is 118 Å². The van der Waals surface area contributed by atoms with E-state index < -0.39 is 34.6 Å². The molecule has 0 aliphatic heterocycles.